The van der Waals surface area contributed by atoms with Crippen LogP contribution < -0.4 is 4.74 Å². The van der Waals surface area contributed by atoms with Gasteiger partial charge in [0.15, 0.2) is 0 Å². The van der Waals surface area contributed by atoms with Gasteiger partial charge in [-0.3, -0.25) is 0 Å². The van der Waals surface area contributed by atoms with Gasteiger partial charge in [0.2, 0.25) is 0 Å². The van der Waals surface area contributed by atoms with Crippen LogP contribution in [0.15, 0.2) is 43.0 Å². The van der Waals surface area contributed by atoms with E-state index in [0.29, 0.717) is 5.02 Å². The number of benzene rings is 1. The molecule has 1 heterocycles. The second-order valence-electron chi connectivity index (χ2n) is 4.74. The Morgan fingerprint density at radius 3 is 2.33 bits per heavy atom. The minimum atomic E-state index is -0.321. The number of rotatable bonds is 4. The molecule has 18 heavy (non-hydrogen) atoms. The molecule has 0 radical (unpaired) electrons. The van der Waals surface area contributed by atoms with Gasteiger partial charge in [0.05, 0.1) is 0 Å². The predicted octanol–water partition coefficient (Wildman–Crippen LogP) is 3.53. The lowest BCUT2D eigenvalue weighted by Gasteiger charge is -2.26. The van der Waals surface area contributed by atoms with Gasteiger partial charge in [0.25, 0.3) is 0 Å². The van der Waals surface area contributed by atoms with Gasteiger partial charge in [-0.25, -0.2) is 9.97 Å². The SMILES string of the molecule is CC(C)(Cc1cncnc1)Oc1ccc(Cl)cc1. The van der Waals surface area contributed by atoms with Crippen LogP contribution in [0.25, 0.3) is 0 Å². The first-order valence-electron chi connectivity index (χ1n) is 5.74. The Hall–Kier alpha value is -1.61. The number of aromatic nitrogens is 2. The third-order valence-electron chi connectivity index (χ3n) is 2.45. The van der Waals surface area contributed by atoms with E-state index in [1.54, 1.807) is 12.4 Å². The van der Waals surface area contributed by atoms with E-state index in [0.717, 1.165) is 17.7 Å². The molecule has 0 saturated carbocycles. The molecule has 1 aromatic carbocycles. The zero-order valence-electron chi connectivity index (χ0n) is 10.4. The van der Waals surface area contributed by atoms with Gasteiger partial charge in [-0.05, 0) is 43.7 Å². The molecule has 0 fully saturated rings. The molecule has 0 N–H and O–H groups in total. The van der Waals surface area contributed by atoms with Crippen LogP contribution in [-0.4, -0.2) is 15.6 Å². The number of hydrogen-bond donors (Lipinski definition) is 0. The highest BCUT2D eigenvalue weighted by Crippen LogP contribution is 2.23. The maximum atomic E-state index is 5.95. The summed E-state index contributed by atoms with van der Waals surface area (Å²) in [6.45, 7) is 4.07. The van der Waals surface area contributed by atoms with E-state index < -0.39 is 0 Å². The number of ether oxygens (including phenoxy) is 1. The van der Waals surface area contributed by atoms with Gasteiger partial charge in [-0.1, -0.05) is 11.6 Å². The first-order chi connectivity index (χ1) is 8.55. The maximum Gasteiger partial charge on any atom is 0.120 e. The Bertz CT molecular complexity index is 497. The average Bonchev–Trinajstić information content (AvgIpc) is 2.32. The smallest absolute Gasteiger partial charge is 0.120 e. The second-order valence-corrected chi connectivity index (χ2v) is 5.18. The Morgan fingerprint density at radius 1 is 1.11 bits per heavy atom. The Labute approximate surface area is 112 Å². The largest absolute Gasteiger partial charge is 0.488 e. The summed E-state index contributed by atoms with van der Waals surface area (Å²) in [6.07, 6.45) is 5.88. The van der Waals surface area contributed by atoms with Gasteiger partial charge in [-0.15, -0.1) is 0 Å². The third-order valence-corrected chi connectivity index (χ3v) is 2.70. The summed E-state index contributed by atoms with van der Waals surface area (Å²) in [4.78, 5) is 8.01. The highest BCUT2D eigenvalue weighted by molar-refractivity contribution is 6.30. The molecule has 94 valence electrons. The highest BCUT2D eigenvalue weighted by atomic mass is 35.5. The van der Waals surface area contributed by atoms with Crippen molar-refractivity contribution in [2.45, 2.75) is 25.9 Å². The Morgan fingerprint density at radius 2 is 1.72 bits per heavy atom. The zero-order chi connectivity index (χ0) is 13.0. The van der Waals surface area contributed by atoms with Crippen LogP contribution in [0.5, 0.6) is 5.75 Å². The van der Waals surface area contributed by atoms with E-state index in [1.165, 1.54) is 6.33 Å². The minimum Gasteiger partial charge on any atom is -0.488 e. The fourth-order valence-corrected chi connectivity index (χ4v) is 1.90. The number of nitrogens with zero attached hydrogens (tertiary/aromatic N) is 2. The molecule has 0 aliphatic carbocycles. The van der Waals surface area contributed by atoms with Crippen molar-refractivity contribution in [2.75, 3.05) is 0 Å². The summed E-state index contributed by atoms with van der Waals surface area (Å²) in [5.74, 6) is 0.807. The van der Waals surface area contributed by atoms with Crippen molar-refractivity contribution >= 4 is 11.6 Å². The van der Waals surface area contributed by atoms with Gasteiger partial charge in [0, 0.05) is 23.8 Å². The molecule has 0 amide bonds. The van der Waals surface area contributed by atoms with Crippen molar-refractivity contribution in [1.82, 2.24) is 9.97 Å². The van der Waals surface area contributed by atoms with E-state index in [1.807, 2.05) is 38.1 Å². The van der Waals surface area contributed by atoms with Crippen LogP contribution in [0.2, 0.25) is 5.02 Å². The van der Waals surface area contributed by atoms with E-state index in [9.17, 15) is 0 Å². The molecule has 0 saturated heterocycles. The standard InChI is InChI=1S/C14H15ClN2O/c1-14(2,7-11-8-16-10-17-9-11)18-13-5-3-12(15)4-6-13/h3-6,8-10H,7H2,1-2H3. The predicted molar refractivity (Wildman–Crippen MR) is 71.9 cm³/mol. The number of halogens is 1. The summed E-state index contributed by atoms with van der Waals surface area (Å²) in [5.41, 5.74) is 0.731. The van der Waals surface area contributed by atoms with Crippen LogP contribution in [0, 0.1) is 0 Å². The molecule has 3 nitrogen and oxygen atoms in total. The second kappa shape index (κ2) is 5.36. The quantitative estimate of drug-likeness (QED) is 0.845. The van der Waals surface area contributed by atoms with Crippen molar-refractivity contribution in [3.63, 3.8) is 0 Å². The normalized spacial score (nSPS) is 11.3. The molecular formula is C14H15ClN2O. The molecule has 0 unspecified atom stereocenters. The van der Waals surface area contributed by atoms with Crippen molar-refractivity contribution < 1.29 is 4.74 Å². The average molecular weight is 263 g/mol. The molecule has 2 aromatic rings. The molecule has 0 spiro atoms. The molecule has 1 aromatic heterocycles. The summed E-state index contributed by atoms with van der Waals surface area (Å²) in [6, 6.07) is 7.37. The molecule has 2 rings (SSSR count). The van der Waals surface area contributed by atoms with Gasteiger partial charge < -0.3 is 4.74 Å². The van der Waals surface area contributed by atoms with E-state index in [-0.39, 0.29) is 5.60 Å². The first kappa shape index (κ1) is 12.8. The van der Waals surface area contributed by atoms with E-state index >= 15 is 0 Å². The van der Waals surface area contributed by atoms with Gasteiger partial charge in [0.1, 0.15) is 17.7 Å². The topological polar surface area (TPSA) is 35.0 Å². The molecule has 0 atom stereocenters. The fourth-order valence-electron chi connectivity index (χ4n) is 1.77. The highest BCUT2D eigenvalue weighted by Gasteiger charge is 2.20. The number of hydrogen-bond acceptors (Lipinski definition) is 3. The van der Waals surface area contributed by atoms with Crippen LogP contribution in [0.3, 0.4) is 0 Å². The van der Waals surface area contributed by atoms with Crippen molar-refractivity contribution in [3.8, 4) is 5.75 Å². The lowest BCUT2D eigenvalue weighted by Crippen LogP contribution is -2.31. The fraction of sp³-hybridized carbons (Fsp3) is 0.286. The molecule has 4 heteroatoms. The molecular weight excluding hydrogens is 248 g/mol. The summed E-state index contributed by atoms with van der Waals surface area (Å²) in [7, 11) is 0. The Kier molecular flexibility index (Phi) is 3.82. The lowest BCUT2D eigenvalue weighted by atomic mass is 10.0. The Balaban J connectivity index is 2.05. The van der Waals surface area contributed by atoms with E-state index in [2.05, 4.69) is 9.97 Å². The zero-order valence-corrected chi connectivity index (χ0v) is 11.2. The first-order valence-corrected chi connectivity index (χ1v) is 6.11. The minimum absolute atomic E-state index is 0.321. The lowest BCUT2D eigenvalue weighted by molar-refractivity contribution is 0.110. The summed E-state index contributed by atoms with van der Waals surface area (Å²) >= 11 is 5.84. The maximum absolute atomic E-state index is 5.95. The molecule has 0 bridgehead atoms. The summed E-state index contributed by atoms with van der Waals surface area (Å²) in [5, 5.41) is 0.705. The van der Waals surface area contributed by atoms with Crippen molar-refractivity contribution in [1.29, 1.82) is 0 Å². The summed E-state index contributed by atoms with van der Waals surface area (Å²) < 4.78 is 5.95. The van der Waals surface area contributed by atoms with Crippen LogP contribution in [-0.2, 0) is 6.42 Å². The van der Waals surface area contributed by atoms with Crippen LogP contribution in [0.1, 0.15) is 19.4 Å². The molecule has 0 aliphatic rings. The van der Waals surface area contributed by atoms with Gasteiger partial charge in [-0.2, -0.15) is 0 Å². The van der Waals surface area contributed by atoms with Crippen LogP contribution in [0.4, 0.5) is 0 Å². The van der Waals surface area contributed by atoms with Crippen molar-refractivity contribution in [3.05, 3.63) is 53.6 Å². The van der Waals surface area contributed by atoms with Crippen LogP contribution >= 0.6 is 11.6 Å². The van der Waals surface area contributed by atoms with E-state index in [4.69, 9.17) is 16.3 Å². The van der Waals surface area contributed by atoms with Gasteiger partial charge >= 0.3 is 0 Å². The monoisotopic (exact) mass is 262 g/mol. The third kappa shape index (κ3) is 3.70. The molecule has 0 aliphatic heterocycles. The van der Waals surface area contributed by atoms with Crippen molar-refractivity contribution in [2.24, 2.45) is 0 Å².